The molecule has 0 bridgehead atoms. The van der Waals surface area contributed by atoms with Crippen molar-refractivity contribution in [3.8, 4) is 22.8 Å². The second-order valence-electron chi connectivity index (χ2n) is 5.37. The summed E-state index contributed by atoms with van der Waals surface area (Å²) in [5.74, 6) is 1.17. The lowest BCUT2D eigenvalue weighted by molar-refractivity contribution is 0.482. The Morgan fingerprint density at radius 1 is 1.04 bits per heavy atom. The number of rotatable bonds is 4. The molecular formula is C19H15N5O. The molecule has 0 amide bonds. The van der Waals surface area contributed by atoms with Gasteiger partial charge in [-0.05, 0) is 36.4 Å². The Labute approximate surface area is 144 Å². The van der Waals surface area contributed by atoms with Gasteiger partial charge in [0.15, 0.2) is 0 Å². The highest BCUT2D eigenvalue weighted by molar-refractivity contribution is 5.80. The molecule has 0 unspecified atom stereocenters. The molecule has 0 spiro atoms. The number of fused-ring (bicyclic) bond motifs is 1. The number of tetrazole rings is 1. The zero-order valence-corrected chi connectivity index (χ0v) is 13.6. The fraction of sp³-hybridized carbons (Fsp3) is 0.0526. The summed E-state index contributed by atoms with van der Waals surface area (Å²) in [5.41, 5.74) is 2.46. The molecule has 0 radical (unpaired) electrons. The number of ether oxygens (including phenoxy) is 1. The van der Waals surface area contributed by atoms with Gasteiger partial charge < -0.3 is 4.74 Å². The summed E-state index contributed by atoms with van der Waals surface area (Å²) in [6.07, 6.45) is 5.17. The molecule has 25 heavy (non-hydrogen) atoms. The zero-order valence-electron chi connectivity index (χ0n) is 13.6. The first-order valence-electron chi connectivity index (χ1n) is 7.87. The predicted octanol–water partition coefficient (Wildman–Crippen LogP) is 3.79. The maximum atomic E-state index is 5.60. The van der Waals surface area contributed by atoms with E-state index in [1.54, 1.807) is 12.5 Å². The fourth-order valence-electron chi connectivity index (χ4n) is 2.50. The first-order chi connectivity index (χ1) is 12.3. The first-order valence-corrected chi connectivity index (χ1v) is 7.87. The molecule has 122 valence electrons. The van der Waals surface area contributed by atoms with E-state index in [2.05, 4.69) is 20.4 Å². The van der Waals surface area contributed by atoms with Crippen molar-refractivity contribution >= 4 is 10.9 Å². The van der Waals surface area contributed by atoms with Crippen LogP contribution in [0.5, 0.6) is 5.75 Å². The summed E-state index contributed by atoms with van der Waals surface area (Å²) >= 11 is 0. The smallest absolute Gasteiger partial charge is 0.209 e. The maximum absolute atomic E-state index is 5.60. The number of pyridine rings is 1. The minimum Gasteiger partial charge on any atom is -0.465 e. The number of nitrogens with zero attached hydrogens (tertiary/aromatic N) is 5. The van der Waals surface area contributed by atoms with Gasteiger partial charge in [0.05, 0.1) is 23.5 Å². The van der Waals surface area contributed by atoms with Crippen LogP contribution in [-0.2, 0) is 0 Å². The van der Waals surface area contributed by atoms with Gasteiger partial charge in [-0.15, -0.1) is 15.0 Å². The predicted molar refractivity (Wildman–Crippen MR) is 95.3 cm³/mol. The average molecular weight is 329 g/mol. The lowest BCUT2D eigenvalue weighted by Crippen LogP contribution is -2.00. The number of hydrogen-bond donors (Lipinski definition) is 0. The summed E-state index contributed by atoms with van der Waals surface area (Å²) in [7, 11) is 0. The van der Waals surface area contributed by atoms with Crippen molar-refractivity contribution in [2.45, 2.75) is 6.92 Å². The molecule has 4 rings (SSSR count). The lowest BCUT2D eigenvalue weighted by atomic mass is 10.2. The Kier molecular flexibility index (Phi) is 3.92. The van der Waals surface area contributed by atoms with Crippen LogP contribution in [0.4, 0.5) is 0 Å². The Bertz CT molecular complexity index is 1050. The molecule has 0 atom stereocenters. The lowest BCUT2D eigenvalue weighted by Gasteiger charge is -2.04. The third kappa shape index (κ3) is 2.97. The van der Waals surface area contributed by atoms with E-state index in [9.17, 15) is 0 Å². The van der Waals surface area contributed by atoms with Gasteiger partial charge in [-0.2, -0.15) is 0 Å². The molecule has 0 N–H and O–H groups in total. The van der Waals surface area contributed by atoms with Gasteiger partial charge in [-0.1, -0.05) is 36.4 Å². The SMILES string of the molecule is C/C=C\Oc1ccccc1-c1nnn(-c2cnc3ccccc3c2)n1. The van der Waals surface area contributed by atoms with E-state index in [0.717, 1.165) is 22.2 Å². The van der Waals surface area contributed by atoms with Gasteiger partial charge in [-0.25, -0.2) is 0 Å². The first kappa shape index (κ1) is 15.0. The topological polar surface area (TPSA) is 65.7 Å². The molecule has 2 aromatic heterocycles. The van der Waals surface area contributed by atoms with Crippen molar-refractivity contribution in [2.75, 3.05) is 0 Å². The maximum Gasteiger partial charge on any atom is 0.209 e. The molecule has 6 nitrogen and oxygen atoms in total. The molecule has 6 heteroatoms. The summed E-state index contributed by atoms with van der Waals surface area (Å²) in [4.78, 5) is 5.91. The van der Waals surface area contributed by atoms with E-state index < -0.39 is 0 Å². The highest BCUT2D eigenvalue weighted by Crippen LogP contribution is 2.27. The minimum atomic E-state index is 0.494. The Balaban J connectivity index is 1.72. The second kappa shape index (κ2) is 6.52. The highest BCUT2D eigenvalue weighted by atomic mass is 16.5. The van der Waals surface area contributed by atoms with Gasteiger partial charge in [0, 0.05) is 5.39 Å². The third-order valence-corrected chi connectivity index (χ3v) is 3.68. The van der Waals surface area contributed by atoms with E-state index in [1.807, 2.05) is 67.6 Å². The van der Waals surface area contributed by atoms with E-state index in [4.69, 9.17) is 4.74 Å². The summed E-state index contributed by atoms with van der Waals surface area (Å²) in [6, 6.07) is 17.5. The van der Waals surface area contributed by atoms with E-state index in [0.29, 0.717) is 11.6 Å². The van der Waals surface area contributed by atoms with Gasteiger partial charge in [-0.3, -0.25) is 4.98 Å². The number of aromatic nitrogens is 5. The van der Waals surface area contributed by atoms with E-state index >= 15 is 0 Å². The van der Waals surface area contributed by atoms with Crippen molar-refractivity contribution in [1.82, 2.24) is 25.2 Å². The van der Waals surface area contributed by atoms with Gasteiger partial charge >= 0.3 is 0 Å². The van der Waals surface area contributed by atoms with Crippen LogP contribution < -0.4 is 4.74 Å². The second-order valence-corrected chi connectivity index (χ2v) is 5.37. The summed E-state index contributed by atoms with van der Waals surface area (Å²) < 4.78 is 5.60. The van der Waals surface area contributed by atoms with Crippen molar-refractivity contribution in [3.63, 3.8) is 0 Å². The van der Waals surface area contributed by atoms with Crippen LogP contribution in [0.3, 0.4) is 0 Å². The van der Waals surface area contributed by atoms with Crippen LogP contribution in [-0.4, -0.2) is 25.2 Å². The van der Waals surface area contributed by atoms with Crippen LogP contribution in [0.25, 0.3) is 28.0 Å². The summed E-state index contributed by atoms with van der Waals surface area (Å²) in [6.45, 7) is 1.89. The molecule has 2 aromatic carbocycles. The van der Waals surface area contributed by atoms with Gasteiger partial charge in [0.1, 0.15) is 11.4 Å². The molecular weight excluding hydrogens is 314 g/mol. The van der Waals surface area contributed by atoms with Crippen molar-refractivity contribution in [2.24, 2.45) is 0 Å². The third-order valence-electron chi connectivity index (χ3n) is 3.68. The minimum absolute atomic E-state index is 0.494. The molecule has 0 fully saturated rings. The number of para-hydroxylation sites is 2. The fourth-order valence-corrected chi connectivity index (χ4v) is 2.50. The van der Waals surface area contributed by atoms with Crippen molar-refractivity contribution in [3.05, 3.63) is 73.1 Å². The van der Waals surface area contributed by atoms with Gasteiger partial charge in [0.25, 0.3) is 0 Å². The number of benzene rings is 2. The van der Waals surface area contributed by atoms with Crippen molar-refractivity contribution < 1.29 is 4.74 Å². The zero-order chi connectivity index (χ0) is 17.1. The standard InChI is InChI=1S/C19H15N5O/c1-2-11-25-18-10-6-4-8-16(18)19-21-23-24(22-19)15-12-14-7-3-5-9-17(14)20-13-15/h2-13H,1H3/b11-2-. The molecule has 2 heterocycles. The molecule has 0 aliphatic rings. The number of hydrogen-bond acceptors (Lipinski definition) is 5. The Morgan fingerprint density at radius 2 is 1.88 bits per heavy atom. The summed E-state index contributed by atoms with van der Waals surface area (Å²) in [5, 5.41) is 13.8. The average Bonchev–Trinajstić information content (AvgIpc) is 3.16. The monoisotopic (exact) mass is 329 g/mol. The molecule has 0 saturated carbocycles. The normalized spacial score (nSPS) is 11.2. The van der Waals surface area contributed by atoms with Crippen LogP contribution in [0, 0.1) is 0 Å². The van der Waals surface area contributed by atoms with Crippen molar-refractivity contribution in [1.29, 1.82) is 0 Å². The van der Waals surface area contributed by atoms with Crippen LogP contribution >= 0.6 is 0 Å². The highest BCUT2D eigenvalue weighted by Gasteiger charge is 2.12. The van der Waals surface area contributed by atoms with Gasteiger partial charge in [0.2, 0.25) is 5.82 Å². The van der Waals surface area contributed by atoms with E-state index in [1.165, 1.54) is 4.80 Å². The Hall–Kier alpha value is -3.54. The molecule has 4 aromatic rings. The number of allylic oxidation sites excluding steroid dienone is 1. The quantitative estimate of drug-likeness (QED) is 0.533. The molecule has 0 saturated heterocycles. The van der Waals surface area contributed by atoms with Crippen LogP contribution in [0.15, 0.2) is 73.1 Å². The molecule has 0 aliphatic carbocycles. The van der Waals surface area contributed by atoms with E-state index in [-0.39, 0.29) is 0 Å². The molecule has 0 aliphatic heterocycles. The van der Waals surface area contributed by atoms with Crippen LogP contribution in [0.2, 0.25) is 0 Å². The van der Waals surface area contributed by atoms with Crippen LogP contribution in [0.1, 0.15) is 6.92 Å². The largest absolute Gasteiger partial charge is 0.465 e. The Morgan fingerprint density at radius 3 is 2.80 bits per heavy atom.